The van der Waals surface area contributed by atoms with E-state index in [-0.39, 0.29) is 18.2 Å². The molecule has 4 aromatic rings. The lowest BCUT2D eigenvalue weighted by Gasteiger charge is -2.16. The molecular formula is C22H21N7O4. The van der Waals surface area contributed by atoms with Crippen LogP contribution in [0.1, 0.15) is 31.0 Å². The first-order valence-corrected chi connectivity index (χ1v) is 10.4. The number of aliphatic hydroxyl groups is 1. The fourth-order valence-corrected chi connectivity index (χ4v) is 3.67. The van der Waals surface area contributed by atoms with E-state index in [9.17, 15) is 9.90 Å². The molecule has 11 heteroatoms. The molecule has 5 rings (SSSR count). The zero-order chi connectivity index (χ0) is 23.0. The van der Waals surface area contributed by atoms with Crippen LogP contribution in [-0.2, 0) is 10.4 Å². The number of likely N-dealkylation sites (N-methyl/N-ethyl adjacent to an activating group) is 1. The van der Waals surface area contributed by atoms with Gasteiger partial charge in [0.25, 0.3) is 5.91 Å². The van der Waals surface area contributed by atoms with E-state index in [0.717, 1.165) is 0 Å². The van der Waals surface area contributed by atoms with Crippen LogP contribution in [0.3, 0.4) is 0 Å². The molecule has 1 amide bonds. The van der Waals surface area contributed by atoms with E-state index in [1.165, 1.54) is 11.2 Å². The number of hydrogen-bond donors (Lipinski definition) is 2. The highest BCUT2D eigenvalue weighted by Gasteiger charge is 2.48. The van der Waals surface area contributed by atoms with Gasteiger partial charge in [0.05, 0.1) is 23.3 Å². The van der Waals surface area contributed by atoms with Gasteiger partial charge in [-0.3, -0.25) is 4.79 Å². The maximum absolute atomic E-state index is 12.3. The maximum Gasteiger partial charge on any atom is 0.262 e. The largest absolute Gasteiger partial charge is 0.447 e. The van der Waals surface area contributed by atoms with Crippen LogP contribution in [0.25, 0.3) is 22.8 Å². The number of nitrogens with one attached hydrogen (secondary N) is 1. The molecule has 2 atom stereocenters. The number of hydrogen-bond acceptors (Lipinski definition) is 10. The van der Waals surface area contributed by atoms with Gasteiger partial charge < -0.3 is 24.3 Å². The molecule has 11 nitrogen and oxygen atoms in total. The van der Waals surface area contributed by atoms with Crippen molar-refractivity contribution in [2.45, 2.75) is 25.0 Å². The Morgan fingerprint density at radius 1 is 1.12 bits per heavy atom. The van der Waals surface area contributed by atoms with Crippen molar-refractivity contribution >= 4 is 11.9 Å². The summed E-state index contributed by atoms with van der Waals surface area (Å²) in [5, 5.41) is 18.0. The third-order valence-electron chi connectivity index (χ3n) is 5.52. The van der Waals surface area contributed by atoms with Crippen molar-refractivity contribution in [1.29, 1.82) is 0 Å². The highest BCUT2D eigenvalue weighted by atomic mass is 16.5. The van der Waals surface area contributed by atoms with Crippen LogP contribution < -0.4 is 5.32 Å². The predicted octanol–water partition coefficient (Wildman–Crippen LogP) is 2.40. The number of amides is 1. The summed E-state index contributed by atoms with van der Waals surface area (Å²) in [4.78, 5) is 31.4. The van der Waals surface area contributed by atoms with Gasteiger partial charge >= 0.3 is 0 Å². The van der Waals surface area contributed by atoms with Crippen molar-refractivity contribution in [1.82, 2.24) is 30.0 Å². The fourth-order valence-electron chi connectivity index (χ4n) is 3.67. The Hall–Kier alpha value is -4.12. The SMILES string of the molecule is CC(Nc1nccc(-c2cccc(-c3cc(C4(O)CCN(C)C4=O)on3)n2)n1)c1ncco1. The quantitative estimate of drug-likeness (QED) is 0.452. The first-order chi connectivity index (χ1) is 15.9. The minimum absolute atomic E-state index is 0.105. The highest BCUT2D eigenvalue weighted by Crippen LogP contribution is 2.34. The summed E-state index contributed by atoms with van der Waals surface area (Å²) in [5.74, 6) is 0.625. The molecule has 168 valence electrons. The summed E-state index contributed by atoms with van der Waals surface area (Å²) < 4.78 is 10.6. The van der Waals surface area contributed by atoms with E-state index >= 15 is 0 Å². The van der Waals surface area contributed by atoms with Gasteiger partial charge in [0.15, 0.2) is 5.76 Å². The zero-order valence-corrected chi connectivity index (χ0v) is 18.0. The number of carbonyl (C=O) groups is 1. The Balaban J connectivity index is 1.39. The molecule has 0 aromatic carbocycles. The summed E-state index contributed by atoms with van der Waals surface area (Å²) in [5.41, 5.74) is 0.425. The fraction of sp³-hybridized carbons (Fsp3) is 0.273. The van der Waals surface area contributed by atoms with Gasteiger partial charge in [-0.2, -0.15) is 0 Å². The second-order valence-electron chi connectivity index (χ2n) is 7.82. The molecule has 5 heterocycles. The normalized spacial score (nSPS) is 19.1. The highest BCUT2D eigenvalue weighted by molar-refractivity contribution is 5.87. The number of anilines is 1. The second-order valence-corrected chi connectivity index (χ2v) is 7.82. The first-order valence-electron chi connectivity index (χ1n) is 10.4. The molecule has 0 saturated carbocycles. The van der Waals surface area contributed by atoms with E-state index < -0.39 is 11.5 Å². The minimum atomic E-state index is -1.70. The van der Waals surface area contributed by atoms with Crippen LogP contribution in [0.15, 0.2) is 57.9 Å². The van der Waals surface area contributed by atoms with E-state index in [2.05, 4.69) is 30.4 Å². The standard InChI is InChI=1S/C22H21N7O4/c1-13(19-23-9-11-32-19)25-21-24-8-6-16(27-21)14-4-3-5-15(26-14)17-12-18(33-28-17)22(31)7-10-29(2)20(22)30/h3-6,8-9,11-13,31H,7,10H2,1-2H3,(H,24,25,27). The molecule has 0 bridgehead atoms. The van der Waals surface area contributed by atoms with Crippen LogP contribution in [0.5, 0.6) is 0 Å². The molecule has 0 spiro atoms. The molecule has 1 saturated heterocycles. The summed E-state index contributed by atoms with van der Waals surface area (Å²) in [6.45, 7) is 2.33. The average Bonchev–Trinajstić information content (AvgIpc) is 3.59. The third kappa shape index (κ3) is 3.82. The Morgan fingerprint density at radius 2 is 1.91 bits per heavy atom. The van der Waals surface area contributed by atoms with Gasteiger partial charge in [0, 0.05) is 32.3 Å². The number of pyridine rings is 1. The van der Waals surface area contributed by atoms with Crippen molar-refractivity contribution in [3.8, 4) is 22.8 Å². The molecule has 33 heavy (non-hydrogen) atoms. The molecule has 0 aliphatic carbocycles. The van der Waals surface area contributed by atoms with Gasteiger partial charge in [0.2, 0.25) is 17.4 Å². The Kier molecular flexibility index (Phi) is 5.09. The number of rotatable bonds is 6. The number of likely N-dealkylation sites (tertiary alicyclic amines) is 1. The molecule has 1 aliphatic heterocycles. The minimum Gasteiger partial charge on any atom is -0.447 e. The average molecular weight is 447 g/mol. The number of oxazole rings is 1. The molecular weight excluding hydrogens is 426 g/mol. The monoisotopic (exact) mass is 447 g/mol. The van der Waals surface area contributed by atoms with Crippen LogP contribution in [0.4, 0.5) is 5.95 Å². The summed E-state index contributed by atoms with van der Waals surface area (Å²) in [7, 11) is 1.64. The molecule has 4 aromatic heterocycles. The van der Waals surface area contributed by atoms with Crippen molar-refractivity contribution in [2.75, 3.05) is 18.9 Å². The maximum atomic E-state index is 12.3. The van der Waals surface area contributed by atoms with Crippen molar-refractivity contribution < 1.29 is 18.8 Å². The predicted molar refractivity (Wildman–Crippen MR) is 115 cm³/mol. The van der Waals surface area contributed by atoms with Crippen LogP contribution in [-0.4, -0.2) is 54.6 Å². The zero-order valence-electron chi connectivity index (χ0n) is 18.0. The summed E-state index contributed by atoms with van der Waals surface area (Å²) in [6, 6.07) is 8.48. The van der Waals surface area contributed by atoms with Gasteiger partial charge in [-0.25, -0.2) is 19.9 Å². The van der Waals surface area contributed by atoms with E-state index in [0.29, 0.717) is 41.2 Å². The topological polar surface area (TPSA) is 143 Å². The van der Waals surface area contributed by atoms with E-state index in [4.69, 9.17) is 8.94 Å². The molecule has 2 unspecified atom stereocenters. The van der Waals surface area contributed by atoms with Crippen molar-refractivity contribution in [3.63, 3.8) is 0 Å². The Labute approximate surface area is 188 Å². The Morgan fingerprint density at radius 3 is 2.64 bits per heavy atom. The summed E-state index contributed by atoms with van der Waals surface area (Å²) in [6.07, 6.45) is 4.96. The molecule has 1 aliphatic rings. The van der Waals surface area contributed by atoms with Crippen molar-refractivity contribution in [3.05, 3.63) is 60.6 Å². The van der Waals surface area contributed by atoms with E-state index in [1.807, 2.05) is 19.1 Å². The molecule has 0 radical (unpaired) electrons. The van der Waals surface area contributed by atoms with Gasteiger partial charge in [-0.15, -0.1) is 0 Å². The number of aromatic nitrogens is 5. The summed E-state index contributed by atoms with van der Waals surface area (Å²) >= 11 is 0. The lowest BCUT2D eigenvalue weighted by atomic mass is 9.98. The number of nitrogens with zero attached hydrogens (tertiary/aromatic N) is 6. The molecule has 2 N–H and O–H groups in total. The lowest BCUT2D eigenvalue weighted by molar-refractivity contribution is -0.144. The second kappa shape index (κ2) is 8.10. The van der Waals surface area contributed by atoms with Crippen molar-refractivity contribution in [2.24, 2.45) is 0 Å². The lowest BCUT2D eigenvalue weighted by Crippen LogP contribution is -2.35. The van der Waals surface area contributed by atoms with Gasteiger partial charge in [0.1, 0.15) is 18.0 Å². The Bertz CT molecular complexity index is 1290. The molecule has 1 fully saturated rings. The van der Waals surface area contributed by atoms with Crippen LogP contribution in [0.2, 0.25) is 0 Å². The van der Waals surface area contributed by atoms with E-state index in [1.54, 1.807) is 37.6 Å². The van der Waals surface area contributed by atoms with Gasteiger partial charge in [-0.05, 0) is 25.1 Å². The smallest absolute Gasteiger partial charge is 0.262 e. The van der Waals surface area contributed by atoms with Crippen LogP contribution >= 0.6 is 0 Å². The van der Waals surface area contributed by atoms with Crippen LogP contribution in [0, 0.1) is 0 Å². The number of carbonyl (C=O) groups excluding carboxylic acids is 1. The first kappa shape index (κ1) is 20.8. The van der Waals surface area contributed by atoms with Gasteiger partial charge in [-0.1, -0.05) is 11.2 Å². The third-order valence-corrected chi connectivity index (χ3v) is 5.52.